The van der Waals surface area contributed by atoms with E-state index in [1.54, 1.807) is 22.9 Å². The molecule has 0 saturated carbocycles. The Kier molecular flexibility index (Phi) is 11.3. The normalized spacial score (nSPS) is 20.5. The smallest absolute Gasteiger partial charge is 0.293 e. The van der Waals surface area contributed by atoms with Gasteiger partial charge in [-0.15, -0.1) is 0 Å². The molecule has 3 N–H and O–H groups in total. The molecule has 2 aromatic heterocycles. The summed E-state index contributed by atoms with van der Waals surface area (Å²) in [6.45, 7) is 8.71. The van der Waals surface area contributed by atoms with Crippen LogP contribution in [0.15, 0.2) is 53.5 Å². The molecule has 4 aromatic rings. The Balaban J connectivity index is 0.813. The Morgan fingerprint density at radius 3 is 2.44 bits per heavy atom. The zero-order chi connectivity index (χ0) is 44.2. The molecule has 1 unspecified atom stereocenters. The number of anilines is 4. The van der Waals surface area contributed by atoms with Crippen molar-refractivity contribution < 1.29 is 28.7 Å². The highest BCUT2D eigenvalue weighted by atomic mass is 35.5. The van der Waals surface area contributed by atoms with Crippen molar-refractivity contribution in [1.82, 2.24) is 35.0 Å². The van der Waals surface area contributed by atoms with Gasteiger partial charge < -0.3 is 34.6 Å². The fourth-order valence-electron chi connectivity index (χ4n) is 10.1. The second-order valence-corrected chi connectivity index (χ2v) is 18.0. The molecule has 2 aromatic carbocycles. The number of fused-ring (bicyclic) bond motifs is 2. The monoisotopic (exact) mass is 878 g/mol. The number of benzene rings is 2. The van der Waals surface area contributed by atoms with Crippen LogP contribution in [0.25, 0.3) is 10.9 Å². The largest absolute Gasteiger partial charge is 0.478 e. The quantitative estimate of drug-likeness (QED) is 0.192. The van der Waals surface area contributed by atoms with E-state index in [1.807, 2.05) is 44.2 Å². The number of likely N-dealkylation sites (tertiary alicyclic amines) is 1. The van der Waals surface area contributed by atoms with Crippen molar-refractivity contribution in [1.29, 1.82) is 0 Å². The van der Waals surface area contributed by atoms with Crippen LogP contribution in [0, 0.1) is 5.41 Å². The minimum absolute atomic E-state index is 0.0835. The number of rotatable bonds is 10. The summed E-state index contributed by atoms with van der Waals surface area (Å²) in [6, 6.07) is 11.9. The van der Waals surface area contributed by atoms with Crippen molar-refractivity contribution in [2.45, 2.75) is 76.9 Å². The lowest BCUT2D eigenvalue weighted by molar-refractivity contribution is -0.136. The lowest BCUT2D eigenvalue weighted by Gasteiger charge is -2.45. The summed E-state index contributed by atoms with van der Waals surface area (Å²) in [6.07, 6.45) is 6.84. The molecule has 5 amide bonds. The Hall–Kier alpha value is -6.07. The number of piperidine rings is 3. The number of carbonyl (C=O) groups is 5. The van der Waals surface area contributed by atoms with E-state index in [1.165, 1.54) is 7.05 Å². The van der Waals surface area contributed by atoms with Crippen molar-refractivity contribution in [2.75, 3.05) is 68.0 Å². The summed E-state index contributed by atoms with van der Waals surface area (Å²) < 4.78 is 7.27. The van der Waals surface area contributed by atoms with Gasteiger partial charge in [-0.1, -0.05) is 17.7 Å². The minimum Gasteiger partial charge on any atom is -0.478 e. The Bertz CT molecular complexity index is 2580. The fourth-order valence-corrected chi connectivity index (χ4v) is 10.2. The number of carbonyl (C=O) groups excluding carboxylic acids is 5. The van der Waals surface area contributed by atoms with E-state index in [-0.39, 0.29) is 48.1 Å². The van der Waals surface area contributed by atoms with E-state index in [4.69, 9.17) is 21.3 Å². The molecule has 9 rings (SSSR count). The van der Waals surface area contributed by atoms with Crippen molar-refractivity contribution in [3.05, 3.63) is 75.2 Å². The topological polar surface area (TPSA) is 191 Å². The molecule has 17 nitrogen and oxygen atoms in total. The summed E-state index contributed by atoms with van der Waals surface area (Å²) in [4.78, 5) is 94.4. The van der Waals surface area contributed by atoms with Gasteiger partial charge in [-0.25, -0.2) is 4.98 Å². The molecule has 1 atom stereocenters. The van der Waals surface area contributed by atoms with E-state index in [9.17, 15) is 28.8 Å². The second kappa shape index (κ2) is 16.9. The lowest BCUT2D eigenvalue weighted by Crippen LogP contribution is -2.54. The number of pyridine rings is 1. The van der Waals surface area contributed by atoms with Crippen LogP contribution in [-0.4, -0.2) is 119 Å². The number of amides is 5. The van der Waals surface area contributed by atoms with Gasteiger partial charge in [0.15, 0.2) is 18.2 Å². The number of hydrogen-bond donors (Lipinski definition) is 3. The lowest BCUT2D eigenvalue weighted by atomic mass is 9.77. The van der Waals surface area contributed by atoms with Crippen molar-refractivity contribution in [3.8, 4) is 5.75 Å². The van der Waals surface area contributed by atoms with Gasteiger partial charge >= 0.3 is 0 Å². The second-order valence-electron chi connectivity index (χ2n) is 17.6. The molecule has 4 fully saturated rings. The summed E-state index contributed by atoms with van der Waals surface area (Å²) in [7, 11) is 1.51. The number of likely N-dealkylation sites (N-methyl/N-ethyl adjacent to an activating group) is 1. The number of hydrogen-bond acceptors (Lipinski definition) is 13. The summed E-state index contributed by atoms with van der Waals surface area (Å²) in [5, 5.41) is 9.24. The van der Waals surface area contributed by atoms with Gasteiger partial charge in [0.1, 0.15) is 11.1 Å². The first-order chi connectivity index (χ1) is 30.3. The van der Waals surface area contributed by atoms with Gasteiger partial charge in [0.25, 0.3) is 23.3 Å². The number of ether oxygens (including phenoxy) is 1. The predicted molar refractivity (Wildman–Crippen MR) is 237 cm³/mol. The van der Waals surface area contributed by atoms with E-state index < -0.39 is 29.7 Å². The van der Waals surface area contributed by atoms with Crippen LogP contribution in [0.4, 0.5) is 23.1 Å². The van der Waals surface area contributed by atoms with E-state index in [0.717, 1.165) is 92.9 Å². The highest BCUT2D eigenvalue weighted by Crippen LogP contribution is 2.45. The van der Waals surface area contributed by atoms with Crippen molar-refractivity contribution in [3.63, 3.8) is 0 Å². The van der Waals surface area contributed by atoms with Gasteiger partial charge in [-0.3, -0.25) is 39.0 Å². The highest BCUT2D eigenvalue weighted by molar-refractivity contribution is 6.33. The van der Waals surface area contributed by atoms with E-state index in [0.29, 0.717) is 39.6 Å². The molecule has 18 heteroatoms. The number of imide groups is 2. The average Bonchev–Trinajstić information content (AvgIpc) is 3.80. The summed E-state index contributed by atoms with van der Waals surface area (Å²) in [5.41, 5.74) is 2.65. The Labute approximate surface area is 369 Å². The molecular weight excluding hydrogens is 828 g/mol. The first-order valence-electron chi connectivity index (χ1n) is 21.7. The zero-order valence-electron chi connectivity index (χ0n) is 35.6. The summed E-state index contributed by atoms with van der Waals surface area (Å²) in [5.74, 6) is -1.14. The molecule has 1 spiro atoms. The van der Waals surface area contributed by atoms with Gasteiger partial charge in [0.2, 0.25) is 17.8 Å². The SMILES string of the molecule is CNC(=O)COc1cc2cc(Nc3nc(N4CCC(N5CCC6(CCN(c7cccc8c7C(=O)N(C7CCC(=O)NC7=O)C8=O)C6)CC5)CC4)ncc3Cl)ccc2n(C(C)C)c1=O. The van der Waals surface area contributed by atoms with Crippen LogP contribution in [0.5, 0.6) is 5.75 Å². The molecule has 330 valence electrons. The van der Waals surface area contributed by atoms with E-state index in [2.05, 4.69) is 35.6 Å². The Morgan fingerprint density at radius 2 is 1.71 bits per heavy atom. The van der Waals surface area contributed by atoms with Gasteiger partial charge in [-0.2, -0.15) is 4.98 Å². The third kappa shape index (κ3) is 7.96. The van der Waals surface area contributed by atoms with Crippen LogP contribution in [0.3, 0.4) is 0 Å². The standard InChI is InChI=1S/C45H51ClN10O7/c1-26(2)55-32-8-7-28(21-27(32)22-35(42(55)61)63-24-37(58)47-3)49-39-31(46)23-48-44(51-39)53-16-11-29(12-17-53)52-18-13-45(14-19-52)15-20-54(25-45)33-6-4-5-30-38(33)43(62)56(41(30)60)34-9-10-36(57)50-40(34)59/h4-8,21-23,26,29,34H,9-20,24-25H2,1-3H3,(H,47,58)(H,48,49,51)(H,50,57,59). The maximum absolute atomic E-state index is 13.8. The predicted octanol–water partition coefficient (Wildman–Crippen LogP) is 4.26. The van der Waals surface area contributed by atoms with Gasteiger partial charge in [0, 0.05) is 62.8 Å². The van der Waals surface area contributed by atoms with Crippen molar-refractivity contribution >= 4 is 75.2 Å². The highest BCUT2D eigenvalue weighted by Gasteiger charge is 2.48. The Morgan fingerprint density at radius 1 is 0.952 bits per heavy atom. The molecule has 5 aliphatic rings. The van der Waals surface area contributed by atoms with Crippen LogP contribution in [0.2, 0.25) is 5.02 Å². The number of aromatic nitrogens is 3. The number of nitrogens with one attached hydrogen (secondary N) is 3. The maximum atomic E-state index is 13.8. The van der Waals surface area contributed by atoms with Gasteiger partial charge in [0.05, 0.1) is 28.5 Å². The number of halogens is 1. The van der Waals surface area contributed by atoms with Crippen LogP contribution in [-0.2, 0) is 14.4 Å². The van der Waals surface area contributed by atoms with E-state index >= 15 is 0 Å². The molecule has 7 heterocycles. The first-order valence-corrected chi connectivity index (χ1v) is 22.1. The maximum Gasteiger partial charge on any atom is 0.293 e. The third-order valence-corrected chi connectivity index (χ3v) is 13.8. The van der Waals surface area contributed by atoms with Crippen LogP contribution >= 0.6 is 11.6 Å². The minimum atomic E-state index is -0.992. The van der Waals surface area contributed by atoms with Crippen LogP contribution < -0.4 is 36.0 Å². The third-order valence-electron chi connectivity index (χ3n) is 13.5. The molecule has 0 radical (unpaired) electrons. The van der Waals surface area contributed by atoms with Crippen molar-refractivity contribution in [2.24, 2.45) is 5.41 Å². The molecule has 63 heavy (non-hydrogen) atoms. The zero-order valence-corrected chi connectivity index (χ0v) is 36.4. The molecular formula is C45H51ClN10O7. The molecule has 0 bridgehead atoms. The van der Waals surface area contributed by atoms with Gasteiger partial charge in [-0.05, 0) is 107 Å². The number of nitrogens with zero attached hydrogens (tertiary/aromatic N) is 7. The summed E-state index contributed by atoms with van der Waals surface area (Å²) >= 11 is 6.63. The molecule has 5 aliphatic heterocycles. The first kappa shape index (κ1) is 42.2. The molecule has 0 aliphatic carbocycles. The molecule has 4 saturated heterocycles. The average molecular weight is 879 g/mol. The fraction of sp³-hybridized carbons (Fsp3) is 0.467. The van der Waals surface area contributed by atoms with Crippen LogP contribution in [0.1, 0.15) is 85.6 Å².